The number of hydrogen-bond acceptors (Lipinski definition) is 3. The third kappa shape index (κ3) is 3.25. The normalized spacial score (nSPS) is 18.9. The van der Waals surface area contributed by atoms with Gasteiger partial charge in [-0.05, 0) is 58.1 Å². The van der Waals surface area contributed by atoms with E-state index in [0.29, 0.717) is 6.54 Å². The zero-order valence-electron chi connectivity index (χ0n) is 13.1. The van der Waals surface area contributed by atoms with Gasteiger partial charge in [-0.3, -0.25) is 4.90 Å². The number of nitrogens with two attached hydrogens (primary N) is 1. The molecule has 1 aliphatic rings. The van der Waals surface area contributed by atoms with E-state index in [2.05, 4.69) is 23.9 Å². The van der Waals surface area contributed by atoms with Gasteiger partial charge >= 0.3 is 0 Å². The summed E-state index contributed by atoms with van der Waals surface area (Å²) in [5.41, 5.74) is 6.79. The van der Waals surface area contributed by atoms with Crippen molar-refractivity contribution in [1.29, 1.82) is 0 Å². The van der Waals surface area contributed by atoms with Gasteiger partial charge in [0.05, 0.1) is 0 Å². The lowest BCUT2D eigenvalue weighted by Gasteiger charge is -2.50. The number of nitrogens with zero attached hydrogens (tertiary/aromatic N) is 2. The topological polar surface area (TPSA) is 32.5 Å². The number of halogens is 2. The van der Waals surface area contributed by atoms with Crippen LogP contribution in [-0.2, 0) is 0 Å². The number of benzene rings is 1. The number of likely N-dealkylation sites (N-methyl/N-ethyl adjacent to an activating group) is 2. The van der Waals surface area contributed by atoms with Gasteiger partial charge in [0.15, 0.2) is 11.6 Å². The Morgan fingerprint density at radius 2 is 1.86 bits per heavy atom. The van der Waals surface area contributed by atoms with E-state index >= 15 is 0 Å². The van der Waals surface area contributed by atoms with Gasteiger partial charge in [-0.15, -0.1) is 0 Å². The molecule has 0 heterocycles. The highest BCUT2D eigenvalue weighted by Crippen LogP contribution is 2.38. The van der Waals surface area contributed by atoms with Crippen molar-refractivity contribution in [2.45, 2.75) is 30.8 Å². The molecule has 21 heavy (non-hydrogen) atoms. The minimum atomic E-state index is -0.819. The predicted octanol–water partition coefficient (Wildman–Crippen LogP) is 2.38. The molecule has 0 spiro atoms. The van der Waals surface area contributed by atoms with Crippen LogP contribution in [0.4, 0.5) is 8.78 Å². The molecule has 5 heteroatoms. The summed E-state index contributed by atoms with van der Waals surface area (Å²) in [4.78, 5) is 4.43. The standard InChI is InChI=1S/C16H25F2N3/c1-20(2)16(7-4-8-16)11-21(3)15(10-19)12-5-6-13(17)14(18)9-12/h5-6,9,15H,4,7-8,10-11,19H2,1-3H3. The Balaban J connectivity index is 2.14. The third-order valence-corrected chi connectivity index (χ3v) is 4.86. The zero-order chi connectivity index (χ0) is 15.6. The lowest BCUT2D eigenvalue weighted by atomic mass is 9.75. The summed E-state index contributed by atoms with van der Waals surface area (Å²) in [5, 5.41) is 0. The number of hydrogen-bond donors (Lipinski definition) is 1. The molecular weight excluding hydrogens is 272 g/mol. The Hall–Kier alpha value is -1.04. The van der Waals surface area contributed by atoms with E-state index in [0.717, 1.165) is 12.1 Å². The van der Waals surface area contributed by atoms with Crippen molar-refractivity contribution in [3.8, 4) is 0 Å². The van der Waals surface area contributed by atoms with Gasteiger partial charge in [0.25, 0.3) is 0 Å². The Labute approximate surface area is 125 Å². The molecule has 1 aliphatic carbocycles. The predicted molar refractivity (Wildman–Crippen MR) is 81.1 cm³/mol. The maximum Gasteiger partial charge on any atom is 0.159 e. The second-order valence-electron chi connectivity index (χ2n) is 6.31. The van der Waals surface area contributed by atoms with Crippen LogP contribution in [0.5, 0.6) is 0 Å². The molecule has 1 atom stereocenters. The molecule has 2 N–H and O–H groups in total. The van der Waals surface area contributed by atoms with Crippen LogP contribution in [0.3, 0.4) is 0 Å². The Kier molecular flexibility index (Phi) is 4.96. The van der Waals surface area contributed by atoms with E-state index in [1.165, 1.54) is 31.4 Å². The van der Waals surface area contributed by atoms with Gasteiger partial charge in [-0.1, -0.05) is 6.07 Å². The van der Waals surface area contributed by atoms with Gasteiger partial charge in [0.2, 0.25) is 0 Å². The molecule has 0 saturated heterocycles. The van der Waals surface area contributed by atoms with E-state index in [-0.39, 0.29) is 11.6 Å². The summed E-state index contributed by atoms with van der Waals surface area (Å²) in [6.45, 7) is 1.26. The van der Waals surface area contributed by atoms with Crippen molar-refractivity contribution in [3.63, 3.8) is 0 Å². The molecule has 1 aromatic rings. The van der Waals surface area contributed by atoms with Crippen molar-refractivity contribution in [1.82, 2.24) is 9.80 Å². The lowest BCUT2D eigenvalue weighted by molar-refractivity contribution is 0.0167. The van der Waals surface area contributed by atoms with Gasteiger partial charge in [-0.25, -0.2) is 8.78 Å². The van der Waals surface area contributed by atoms with Crippen LogP contribution in [0, 0.1) is 11.6 Å². The molecule has 118 valence electrons. The summed E-state index contributed by atoms with van der Waals surface area (Å²) in [5.74, 6) is -1.63. The zero-order valence-corrected chi connectivity index (χ0v) is 13.1. The van der Waals surface area contributed by atoms with Crippen molar-refractivity contribution < 1.29 is 8.78 Å². The molecule has 0 radical (unpaired) electrons. The van der Waals surface area contributed by atoms with Crippen molar-refractivity contribution in [2.24, 2.45) is 5.73 Å². The first kappa shape index (κ1) is 16.3. The van der Waals surface area contributed by atoms with Crippen LogP contribution in [-0.4, -0.2) is 49.6 Å². The quantitative estimate of drug-likeness (QED) is 0.875. The SMILES string of the molecule is CN(CC1(N(C)C)CCC1)C(CN)c1ccc(F)c(F)c1. The van der Waals surface area contributed by atoms with Crippen LogP contribution in [0.1, 0.15) is 30.9 Å². The maximum atomic E-state index is 13.4. The molecule has 1 fully saturated rings. The van der Waals surface area contributed by atoms with E-state index in [1.807, 2.05) is 7.05 Å². The van der Waals surface area contributed by atoms with Crippen LogP contribution in [0.2, 0.25) is 0 Å². The molecule has 0 aromatic heterocycles. The van der Waals surface area contributed by atoms with Gasteiger partial charge in [0.1, 0.15) is 0 Å². The van der Waals surface area contributed by atoms with E-state index in [4.69, 9.17) is 5.73 Å². The summed E-state index contributed by atoms with van der Waals surface area (Å²) >= 11 is 0. The molecular formula is C16H25F2N3. The number of rotatable bonds is 6. The first-order valence-corrected chi connectivity index (χ1v) is 7.42. The van der Waals surface area contributed by atoms with E-state index in [1.54, 1.807) is 6.07 Å². The highest BCUT2D eigenvalue weighted by Gasteiger charge is 2.40. The minimum absolute atomic E-state index is 0.0995. The molecule has 2 rings (SSSR count). The molecule has 3 nitrogen and oxygen atoms in total. The Morgan fingerprint density at radius 3 is 2.29 bits per heavy atom. The van der Waals surface area contributed by atoms with Crippen molar-refractivity contribution in [3.05, 3.63) is 35.4 Å². The summed E-state index contributed by atoms with van der Waals surface area (Å²) < 4.78 is 26.5. The fourth-order valence-electron chi connectivity index (χ4n) is 3.20. The summed E-state index contributed by atoms with van der Waals surface area (Å²) in [6, 6.07) is 3.95. The third-order valence-electron chi connectivity index (χ3n) is 4.86. The molecule has 1 unspecified atom stereocenters. The monoisotopic (exact) mass is 297 g/mol. The van der Waals surface area contributed by atoms with Crippen molar-refractivity contribution in [2.75, 3.05) is 34.2 Å². The van der Waals surface area contributed by atoms with Crippen LogP contribution >= 0.6 is 0 Å². The Morgan fingerprint density at radius 1 is 1.19 bits per heavy atom. The molecule has 1 aromatic carbocycles. The second kappa shape index (κ2) is 6.38. The van der Waals surface area contributed by atoms with E-state index < -0.39 is 11.6 Å². The second-order valence-corrected chi connectivity index (χ2v) is 6.31. The van der Waals surface area contributed by atoms with Gasteiger partial charge in [-0.2, -0.15) is 0 Å². The average molecular weight is 297 g/mol. The fourth-order valence-corrected chi connectivity index (χ4v) is 3.20. The maximum absolute atomic E-state index is 13.4. The van der Waals surface area contributed by atoms with Crippen LogP contribution in [0.25, 0.3) is 0 Å². The highest BCUT2D eigenvalue weighted by molar-refractivity contribution is 5.22. The summed E-state index contributed by atoms with van der Waals surface area (Å²) in [7, 11) is 6.20. The van der Waals surface area contributed by atoms with Crippen molar-refractivity contribution >= 4 is 0 Å². The molecule has 0 amide bonds. The van der Waals surface area contributed by atoms with Gasteiger partial charge in [0, 0.05) is 24.7 Å². The molecule has 0 bridgehead atoms. The van der Waals surface area contributed by atoms with Gasteiger partial charge < -0.3 is 10.6 Å². The Bertz CT molecular complexity index is 486. The lowest BCUT2D eigenvalue weighted by Crippen LogP contribution is -2.57. The first-order chi connectivity index (χ1) is 9.89. The first-order valence-electron chi connectivity index (χ1n) is 7.42. The molecule has 1 saturated carbocycles. The largest absolute Gasteiger partial charge is 0.329 e. The highest BCUT2D eigenvalue weighted by atomic mass is 19.2. The smallest absolute Gasteiger partial charge is 0.159 e. The fraction of sp³-hybridized carbons (Fsp3) is 0.625. The average Bonchev–Trinajstić information content (AvgIpc) is 2.38. The van der Waals surface area contributed by atoms with Crippen LogP contribution in [0.15, 0.2) is 18.2 Å². The summed E-state index contributed by atoms with van der Waals surface area (Å²) in [6.07, 6.45) is 3.57. The minimum Gasteiger partial charge on any atom is -0.329 e. The van der Waals surface area contributed by atoms with Crippen LogP contribution < -0.4 is 5.73 Å². The molecule has 0 aliphatic heterocycles. The van der Waals surface area contributed by atoms with E-state index in [9.17, 15) is 8.78 Å².